The van der Waals surface area contributed by atoms with Gasteiger partial charge in [-0.15, -0.1) is 0 Å². The van der Waals surface area contributed by atoms with Crippen LogP contribution in [0, 0.1) is 20.8 Å². The Balaban J connectivity index is 1.79. The number of halogens is 2. The molecule has 0 spiro atoms. The quantitative estimate of drug-likeness (QED) is 0.337. The van der Waals surface area contributed by atoms with Crippen molar-refractivity contribution in [1.29, 1.82) is 0 Å². The van der Waals surface area contributed by atoms with E-state index in [9.17, 15) is 14.4 Å². The number of hydrogen-bond acceptors (Lipinski definition) is 6. The number of rotatable bonds is 8. The van der Waals surface area contributed by atoms with E-state index < -0.39 is 23.8 Å². The molecule has 0 amide bonds. The third-order valence-electron chi connectivity index (χ3n) is 5.36. The number of benzene rings is 1. The van der Waals surface area contributed by atoms with Crippen LogP contribution in [0.1, 0.15) is 67.6 Å². The molecule has 3 rings (SSSR count). The number of H-pyrrole nitrogens is 1. The maximum absolute atomic E-state index is 13.0. The molecular formula is C24H25Cl2N3O5. The molecule has 1 N–H and O–H groups in total. The number of nitrogens with zero attached hydrogens (tertiary/aromatic N) is 2. The first kappa shape index (κ1) is 25.5. The summed E-state index contributed by atoms with van der Waals surface area (Å²) in [5, 5.41) is 4.96. The summed E-state index contributed by atoms with van der Waals surface area (Å²) >= 11 is 12.6. The lowest BCUT2D eigenvalue weighted by molar-refractivity contribution is 0.0316. The zero-order valence-electron chi connectivity index (χ0n) is 19.5. The number of ether oxygens (including phenoxy) is 2. The largest absolute Gasteiger partial charge is 0.462 e. The Bertz CT molecular complexity index is 1260. The van der Waals surface area contributed by atoms with Gasteiger partial charge in [0.15, 0.2) is 6.10 Å². The van der Waals surface area contributed by atoms with Gasteiger partial charge in [-0.25, -0.2) is 14.3 Å². The number of esters is 2. The number of aryl methyl sites for hydroxylation is 2. The monoisotopic (exact) mass is 505 g/mol. The molecule has 0 fully saturated rings. The summed E-state index contributed by atoms with van der Waals surface area (Å²) in [4.78, 5) is 41.0. The van der Waals surface area contributed by atoms with Gasteiger partial charge in [0.2, 0.25) is 5.78 Å². The molecule has 0 aliphatic carbocycles. The number of nitrogens with one attached hydrogen (secondary N) is 1. The molecule has 180 valence electrons. The predicted octanol–water partition coefficient (Wildman–Crippen LogP) is 5.10. The molecule has 3 aromatic rings. The number of aromatic nitrogens is 3. The standard InChI is InChI=1S/C24H25Cl2N3O5/c1-6-33-23(31)18-12(2)20(27-13(18)3)21(30)15(5)34-24(32)19-14(4)28-29(22(19)26)11-16-9-7-8-10-17(16)25/h7-10,15,27H,6,11H2,1-5H3. The molecule has 2 heterocycles. The number of hydrogen-bond donors (Lipinski definition) is 1. The first-order chi connectivity index (χ1) is 16.1. The first-order valence-electron chi connectivity index (χ1n) is 10.6. The smallest absolute Gasteiger partial charge is 0.343 e. The second-order valence-electron chi connectivity index (χ2n) is 7.76. The van der Waals surface area contributed by atoms with Crippen molar-refractivity contribution >= 4 is 40.9 Å². The van der Waals surface area contributed by atoms with Crippen LogP contribution in [0.4, 0.5) is 0 Å². The SMILES string of the molecule is CCOC(=O)c1c(C)[nH]c(C(=O)C(C)OC(=O)c2c(C)nn(Cc3ccccc3Cl)c2Cl)c1C. The average molecular weight is 506 g/mol. The third kappa shape index (κ3) is 5.03. The van der Waals surface area contributed by atoms with Crippen molar-refractivity contribution in [1.82, 2.24) is 14.8 Å². The van der Waals surface area contributed by atoms with E-state index in [0.717, 1.165) is 5.56 Å². The number of Topliss-reactive ketones (excluding diaryl/α,β-unsaturated/α-hetero) is 1. The van der Waals surface area contributed by atoms with Gasteiger partial charge in [-0.3, -0.25) is 4.79 Å². The third-order valence-corrected chi connectivity index (χ3v) is 6.12. The van der Waals surface area contributed by atoms with E-state index >= 15 is 0 Å². The lowest BCUT2D eigenvalue weighted by atomic mass is 10.1. The maximum Gasteiger partial charge on any atom is 0.343 e. The molecule has 0 aliphatic heterocycles. The normalized spacial score (nSPS) is 11.9. The molecule has 1 unspecified atom stereocenters. The van der Waals surface area contributed by atoms with Crippen molar-refractivity contribution in [2.45, 2.75) is 47.3 Å². The van der Waals surface area contributed by atoms with Gasteiger partial charge < -0.3 is 14.5 Å². The molecule has 0 radical (unpaired) electrons. The minimum atomic E-state index is -1.14. The van der Waals surface area contributed by atoms with Crippen molar-refractivity contribution in [2.75, 3.05) is 6.61 Å². The molecule has 34 heavy (non-hydrogen) atoms. The van der Waals surface area contributed by atoms with Gasteiger partial charge in [-0.2, -0.15) is 5.10 Å². The Kier molecular flexibility index (Phi) is 7.84. The summed E-state index contributed by atoms with van der Waals surface area (Å²) in [7, 11) is 0. The van der Waals surface area contributed by atoms with Gasteiger partial charge >= 0.3 is 11.9 Å². The highest BCUT2D eigenvalue weighted by atomic mass is 35.5. The van der Waals surface area contributed by atoms with Gasteiger partial charge in [0.1, 0.15) is 10.7 Å². The van der Waals surface area contributed by atoms with Crippen molar-refractivity contribution in [3.05, 3.63) is 73.8 Å². The van der Waals surface area contributed by atoms with Gasteiger partial charge in [-0.05, 0) is 51.8 Å². The summed E-state index contributed by atoms with van der Waals surface area (Å²) in [6.45, 7) is 8.57. The van der Waals surface area contributed by atoms with Crippen molar-refractivity contribution in [2.24, 2.45) is 0 Å². The van der Waals surface area contributed by atoms with E-state index in [1.807, 2.05) is 18.2 Å². The van der Waals surface area contributed by atoms with Crippen LogP contribution in [0.15, 0.2) is 24.3 Å². The zero-order valence-corrected chi connectivity index (χ0v) is 21.0. The van der Waals surface area contributed by atoms with Crippen molar-refractivity contribution < 1.29 is 23.9 Å². The van der Waals surface area contributed by atoms with Gasteiger partial charge in [-0.1, -0.05) is 41.4 Å². The topological polar surface area (TPSA) is 103 Å². The van der Waals surface area contributed by atoms with Gasteiger partial charge in [0, 0.05) is 10.7 Å². The van der Waals surface area contributed by atoms with Crippen LogP contribution < -0.4 is 0 Å². The summed E-state index contributed by atoms with van der Waals surface area (Å²) in [6.07, 6.45) is -1.14. The number of carbonyl (C=O) groups excluding carboxylic acids is 3. The number of ketones is 1. The molecule has 10 heteroatoms. The van der Waals surface area contributed by atoms with Crippen LogP contribution in [0.25, 0.3) is 0 Å². The Morgan fingerprint density at radius 1 is 1.09 bits per heavy atom. The Hall–Kier alpha value is -3.10. The maximum atomic E-state index is 13.0. The Morgan fingerprint density at radius 2 is 1.76 bits per heavy atom. The van der Waals surface area contributed by atoms with Crippen molar-refractivity contribution in [3.8, 4) is 0 Å². The summed E-state index contributed by atoms with van der Waals surface area (Å²) in [6, 6.07) is 7.23. The summed E-state index contributed by atoms with van der Waals surface area (Å²) in [5.41, 5.74) is 2.62. The minimum absolute atomic E-state index is 0.0694. The summed E-state index contributed by atoms with van der Waals surface area (Å²) < 4.78 is 11.9. The van der Waals surface area contributed by atoms with Crippen LogP contribution in [0.3, 0.4) is 0 Å². The highest BCUT2D eigenvalue weighted by molar-refractivity contribution is 6.33. The highest BCUT2D eigenvalue weighted by Gasteiger charge is 2.30. The Morgan fingerprint density at radius 3 is 2.41 bits per heavy atom. The van der Waals surface area contributed by atoms with E-state index in [1.165, 1.54) is 11.6 Å². The fraction of sp³-hybridized carbons (Fsp3) is 0.333. The number of carbonyl (C=O) groups is 3. The second kappa shape index (κ2) is 10.4. The van der Waals surface area contributed by atoms with Gasteiger partial charge in [0.05, 0.1) is 30.1 Å². The van der Waals surface area contributed by atoms with Crippen LogP contribution >= 0.6 is 23.2 Å². The first-order valence-corrected chi connectivity index (χ1v) is 11.4. The highest BCUT2D eigenvalue weighted by Crippen LogP contribution is 2.25. The van der Waals surface area contributed by atoms with E-state index in [4.69, 9.17) is 32.7 Å². The van der Waals surface area contributed by atoms with Crippen LogP contribution in [-0.4, -0.2) is 45.2 Å². The molecule has 1 aromatic carbocycles. The van der Waals surface area contributed by atoms with Crippen LogP contribution in [0.5, 0.6) is 0 Å². The minimum Gasteiger partial charge on any atom is -0.462 e. The summed E-state index contributed by atoms with van der Waals surface area (Å²) in [5.74, 6) is -1.78. The Labute approximate surface area is 207 Å². The fourth-order valence-electron chi connectivity index (χ4n) is 3.66. The molecule has 0 saturated heterocycles. The average Bonchev–Trinajstić information content (AvgIpc) is 3.23. The molecular weight excluding hydrogens is 481 g/mol. The molecule has 1 atom stereocenters. The molecule has 8 nitrogen and oxygen atoms in total. The number of aromatic amines is 1. The molecule has 0 bridgehead atoms. The second-order valence-corrected chi connectivity index (χ2v) is 8.52. The molecule has 0 aliphatic rings. The molecule has 2 aromatic heterocycles. The van der Waals surface area contributed by atoms with E-state index in [1.54, 1.807) is 33.8 Å². The van der Waals surface area contributed by atoms with Gasteiger partial charge in [0.25, 0.3) is 0 Å². The fourth-order valence-corrected chi connectivity index (χ4v) is 4.17. The van der Waals surface area contributed by atoms with E-state index in [2.05, 4.69) is 10.1 Å². The van der Waals surface area contributed by atoms with Crippen molar-refractivity contribution in [3.63, 3.8) is 0 Å². The predicted molar refractivity (Wildman–Crippen MR) is 128 cm³/mol. The zero-order chi connectivity index (χ0) is 25.2. The molecule has 0 saturated carbocycles. The van der Waals surface area contributed by atoms with E-state index in [-0.39, 0.29) is 29.6 Å². The van der Waals surface area contributed by atoms with E-state index in [0.29, 0.717) is 27.5 Å². The lowest BCUT2D eigenvalue weighted by Crippen LogP contribution is -2.25. The van der Waals surface area contributed by atoms with Crippen LogP contribution in [-0.2, 0) is 16.0 Å². The van der Waals surface area contributed by atoms with Crippen LogP contribution in [0.2, 0.25) is 10.2 Å². The lowest BCUT2D eigenvalue weighted by Gasteiger charge is -2.12.